The second kappa shape index (κ2) is 5.72. The van der Waals surface area contributed by atoms with Crippen LogP contribution in [0, 0.1) is 0 Å². The molecule has 0 bridgehead atoms. The van der Waals surface area contributed by atoms with Crippen LogP contribution < -0.4 is 0 Å². The van der Waals surface area contributed by atoms with Crippen LogP contribution >= 0.6 is 11.6 Å². The molecule has 12 heavy (non-hydrogen) atoms. The van der Waals surface area contributed by atoms with Gasteiger partial charge in [0.15, 0.2) is 0 Å². The number of hydrogen-bond acceptors (Lipinski definition) is 2. The normalized spacial score (nSPS) is 11.0. The molecule has 0 fully saturated rings. The van der Waals surface area contributed by atoms with Gasteiger partial charge in [-0.25, -0.2) is 0 Å². The Hall–Kier alpha value is -0.890. The Balaban J connectivity index is 4.32. The Kier molecular flexibility index (Phi) is 5.30. The molecule has 0 aliphatic rings. The monoisotopic (exact) mass is 185 g/mol. The standard InChI is InChI=1S/C9H12ClNO/c1-7(2)11-9(8(3)10)5-4-6-12/h6H,1,3-5H2,2H3. The maximum Gasteiger partial charge on any atom is 0.120 e. The molecule has 0 aromatic rings. The van der Waals surface area contributed by atoms with E-state index in [4.69, 9.17) is 11.6 Å². The lowest BCUT2D eigenvalue weighted by atomic mass is 10.2. The molecule has 0 amide bonds. The minimum atomic E-state index is 0.375. The van der Waals surface area contributed by atoms with Crippen molar-refractivity contribution in [2.45, 2.75) is 19.8 Å². The fourth-order valence-corrected chi connectivity index (χ4v) is 0.815. The van der Waals surface area contributed by atoms with E-state index in [1.54, 1.807) is 6.92 Å². The molecule has 66 valence electrons. The summed E-state index contributed by atoms with van der Waals surface area (Å²) in [6.07, 6.45) is 1.77. The number of allylic oxidation sites excluding steroid dienone is 2. The number of halogens is 1. The first-order valence-electron chi connectivity index (χ1n) is 3.59. The molecule has 0 rings (SSSR count). The van der Waals surface area contributed by atoms with Gasteiger partial charge in [-0.3, -0.25) is 4.99 Å². The highest BCUT2D eigenvalue weighted by molar-refractivity contribution is 6.43. The third-order valence-electron chi connectivity index (χ3n) is 1.14. The molecule has 0 radical (unpaired) electrons. The largest absolute Gasteiger partial charge is 0.303 e. The van der Waals surface area contributed by atoms with Gasteiger partial charge in [-0.15, -0.1) is 0 Å². The number of nitrogens with zero attached hydrogens (tertiary/aromatic N) is 1. The van der Waals surface area contributed by atoms with E-state index < -0.39 is 0 Å². The van der Waals surface area contributed by atoms with Crippen LogP contribution in [0.25, 0.3) is 0 Å². The Morgan fingerprint density at radius 1 is 1.58 bits per heavy atom. The Bertz CT molecular complexity index is 231. The van der Waals surface area contributed by atoms with E-state index in [0.29, 0.717) is 29.3 Å². The quantitative estimate of drug-likeness (QED) is 0.478. The van der Waals surface area contributed by atoms with Crippen molar-refractivity contribution < 1.29 is 4.79 Å². The van der Waals surface area contributed by atoms with Crippen molar-refractivity contribution in [1.29, 1.82) is 0 Å². The van der Waals surface area contributed by atoms with Crippen LogP contribution in [-0.4, -0.2) is 12.0 Å². The van der Waals surface area contributed by atoms with Crippen LogP contribution in [-0.2, 0) is 4.79 Å². The molecule has 3 heteroatoms. The number of carbonyl (C=O) groups is 1. The van der Waals surface area contributed by atoms with E-state index in [2.05, 4.69) is 18.2 Å². The van der Waals surface area contributed by atoms with Crippen molar-refractivity contribution in [3.05, 3.63) is 23.9 Å². The van der Waals surface area contributed by atoms with E-state index in [9.17, 15) is 4.79 Å². The summed E-state index contributed by atoms with van der Waals surface area (Å²) in [6.45, 7) is 8.91. The molecule has 0 heterocycles. The molecule has 0 aromatic heterocycles. The number of hydrogen-bond donors (Lipinski definition) is 0. The number of carbonyl (C=O) groups excluding carboxylic acids is 1. The molecule has 0 aromatic carbocycles. The van der Waals surface area contributed by atoms with Gasteiger partial charge in [0.2, 0.25) is 0 Å². The van der Waals surface area contributed by atoms with Crippen molar-refractivity contribution in [2.24, 2.45) is 4.99 Å². The van der Waals surface area contributed by atoms with Crippen LogP contribution in [0.5, 0.6) is 0 Å². The minimum Gasteiger partial charge on any atom is -0.303 e. The highest BCUT2D eigenvalue weighted by Crippen LogP contribution is 2.08. The predicted octanol–water partition coefficient (Wildman–Crippen LogP) is 2.69. The second-order valence-electron chi connectivity index (χ2n) is 2.40. The third kappa shape index (κ3) is 4.85. The molecule has 0 atom stereocenters. The van der Waals surface area contributed by atoms with Gasteiger partial charge < -0.3 is 4.79 Å². The predicted molar refractivity (Wildman–Crippen MR) is 52.5 cm³/mol. The first-order valence-corrected chi connectivity index (χ1v) is 3.97. The maximum absolute atomic E-state index is 10.1. The highest BCUT2D eigenvalue weighted by Gasteiger charge is 2.01. The van der Waals surface area contributed by atoms with Gasteiger partial charge in [0.25, 0.3) is 0 Å². The number of rotatable bonds is 5. The molecule has 0 saturated carbocycles. The smallest absolute Gasteiger partial charge is 0.120 e. The zero-order valence-electron chi connectivity index (χ0n) is 7.14. The molecule has 2 nitrogen and oxygen atoms in total. The van der Waals surface area contributed by atoms with Crippen LogP contribution in [0.4, 0.5) is 0 Å². The minimum absolute atomic E-state index is 0.375. The van der Waals surface area contributed by atoms with E-state index >= 15 is 0 Å². The first-order chi connectivity index (χ1) is 5.57. The average Bonchev–Trinajstić information content (AvgIpc) is 1.96. The lowest BCUT2D eigenvalue weighted by Gasteiger charge is -2.00. The maximum atomic E-state index is 10.1. The van der Waals surface area contributed by atoms with E-state index in [0.717, 1.165) is 6.29 Å². The van der Waals surface area contributed by atoms with Gasteiger partial charge in [-0.1, -0.05) is 24.8 Å². The average molecular weight is 186 g/mol. The summed E-state index contributed by atoms with van der Waals surface area (Å²) in [4.78, 5) is 14.1. The molecule has 0 saturated heterocycles. The molecule has 0 spiro atoms. The summed E-state index contributed by atoms with van der Waals surface area (Å²) >= 11 is 5.64. The summed E-state index contributed by atoms with van der Waals surface area (Å²) in [5.74, 6) is 0. The van der Waals surface area contributed by atoms with Crippen molar-refractivity contribution in [1.82, 2.24) is 0 Å². The van der Waals surface area contributed by atoms with E-state index in [1.807, 2.05) is 0 Å². The topological polar surface area (TPSA) is 29.4 Å². The fourth-order valence-electron chi connectivity index (χ4n) is 0.678. The van der Waals surface area contributed by atoms with Gasteiger partial charge in [-0.2, -0.15) is 0 Å². The molecule has 0 unspecified atom stereocenters. The summed E-state index contributed by atoms with van der Waals surface area (Å²) in [6, 6.07) is 0. The molecule has 0 N–H and O–H groups in total. The van der Waals surface area contributed by atoms with Gasteiger partial charge in [0.1, 0.15) is 6.29 Å². The number of aliphatic imine (C=N–C) groups is 1. The molecular formula is C9H12ClNO. The van der Waals surface area contributed by atoms with Gasteiger partial charge in [0.05, 0.1) is 10.7 Å². The SMILES string of the molecule is C=C(C)N=C(CCC=O)C(=C)Cl. The van der Waals surface area contributed by atoms with Crippen molar-refractivity contribution >= 4 is 23.6 Å². The molecule has 0 aliphatic heterocycles. The summed E-state index contributed by atoms with van der Waals surface area (Å²) < 4.78 is 0. The van der Waals surface area contributed by atoms with Crippen LogP contribution in [0.15, 0.2) is 28.9 Å². The zero-order valence-corrected chi connectivity index (χ0v) is 7.90. The lowest BCUT2D eigenvalue weighted by molar-refractivity contribution is -0.107. The van der Waals surface area contributed by atoms with E-state index in [1.165, 1.54) is 0 Å². The Morgan fingerprint density at radius 2 is 2.17 bits per heavy atom. The van der Waals surface area contributed by atoms with Crippen molar-refractivity contribution in [2.75, 3.05) is 0 Å². The third-order valence-corrected chi connectivity index (χ3v) is 1.36. The Morgan fingerprint density at radius 3 is 2.50 bits per heavy atom. The second-order valence-corrected chi connectivity index (χ2v) is 2.86. The molecule has 0 aliphatic carbocycles. The number of aldehydes is 1. The highest BCUT2D eigenvalue weighted by atomic mass is 35.5. The van der Waals surface area contributed by atoms with Crippen molar-refractivity contribution in [3.8, 4) is 0 Å². The van der Waals surface area contributed by atoms with Gasteiger partial charge in [-0.05, 0) is 13.3 Å². The van der Waals surface area contributed by atoms with Crippen molar-refractivity contribution in [3.63, 3.8) is 0 Å². The van der Waals surface area contributed by atoms with Crippen LogP contribution in [0.2, 0.25) is 0 Å². The van der Waals surface area contributed by atoms with Crippen LogP contribution in [0.1, 0.15) is 19.8 Å². The molecular weight excluding hydrogens is 174 g/mol. The summed E-state index contributed by atoms with van der Waals surface area (Å²) in [5, 5.41) is 0.375. The fraction of sp³-hybridized carbons (Fsp3) is 0.333. The van der Waals surface area contributed by atoms with Crippen LogP contribution in [0.3, 0.4) is 0 Å². The van der Waals surface area contributed by atoms with E-state index in [-0.39, 0.29) is 0 Å². The lowest BCUT2D eigenvalue weighted by Crippen LogP contribution is -1.98. The zero-order chi connectivity index (χ0) is 9.56. The first kappa shape index (κ1) is 11.1. The van der Waals surface area contributed by atoms with Gasteiger partial charge >= 0.3 is 0 Å². The Labute approximate surface area is 77.6 Å². The summed E-state index contributed by atoms with van der Waals surface area (Å²) in [7, 11) is 0. The van der Waals surface area contributed by atoms with Gasteiger partial charge in [0, 0.05) is 12.1 Å². The summed E-state index contributed by atoms with van der Waals surface area (Å²) in [5.41, 5.74) is 1.30.